The molecule has 0 unspecified atom stereocenters. The summed E-state index contributed by atoms with van der Waals surface area (Å²) in [6.07, 6.45) is -4.08. The minimum absolute atomic E-state index is 0. The molecule has 2 rings (SSSR count). The van der Waals surface area contributed by atoms with E-state index in [-0.39, 0.29) is 35.3 Å². The van der Waals surface area contributed by atoms with Crippen molar-refractivity contribution in [1.82, 2.24) is 0 Å². The molecule has 0 radical (unpaired) electrons. The lowest BCUT2D eigenvalue weighted by Crippen LogP contribution is -2.25. The summed E-state index contributed by atoms with van der Waals surface area (Å²) in [5, 5.41) is 0.165. The molecule has 0 saturated carbocycles. The summed E-state index contributed by atoms with van der Waals surface area (Å²) in [5.74, 6) is 0.0650. The molecular weight excluding hydrogens is 278 g/mol. The molecule has 1 aromatic rings. The van der Waals surface area contributed by atoms with E-state index < -0.39 is 17.8 Å². The van der Waals surface area contributed by atoms with E-state index in [0.29, 0.717) is 6.42 Å². The Bertz CT molecular complexity index is 423. The Hall–Kier alpha value is -0.650. The number of halogens is 5. The molecule has 2 N–H and O–H groups in total. The van der Waals surface area contributed by atoms with Crippen molar-refractivity contribution >= 4 is 24.0 Å². The zero-order valence-corrected chi connectivity index (χ0v) is 10.1. The standard InChI is InChI=1S/C10H9ClF3NO.ClH/c11-6-2-1-5(10(12,13)14)8-7(15)3-4-16-9(6)8;/h1-2,7H,3-4,15H2;1H/t7-;/m0./s1. The quantitative estimate of drug-likeness (QED) is 0.792. The van der Waals surface area contributed by atoms with Crippen molar-refractivity contribution < 1.29 is 17.9 Å². The van der Waals surface area contributed by atoms with Gasteiger partial charge in [0.25, 0.3) is 0 Å². The first-order valence-electron chi connectivity index (χ1n) is 4.69. The van der Waals surface area contributed by atoms with Crippen LogP contribution in [-0.4, -0.2) is 6.61 Å². The van der Waals surface area contributed by atoms with E-state index in [1.54, 1.807) is 0 Å². The van der Waals surface area contributed by atoms with Crippen molar-refractivity contribution in [2.75, 3.05) is 6.61 Å². The van der Waals surface area contributed by atoms with Crippen LogP contribution in [0, 0.1) is 0 Å². The van der Waals surface area contributed by atoms with Crippen LogP contribution in [0.1, 0.15) is 23.6 Å². The second kappa shape index (κ2) is 4.92. The third-order valence-corrected chi connectivity index (χ3v) is 2.80. The maximum atomic E-state index is 12.7. The molecule has 1 aromatic carbocycles. The summed E-state index contributed by atoms with van der Waals surface area (Å²) in [6, 6.07) is 1.44. The van der Waals surface area contributed by atoms with E-state index in [1.807, 2.05) is 0 Å². The second-order valence-corrected chi connectivity index (χ2v) is 3.99. The number of hydrogen-bond donors (Lipinski definition) is 1. The molecule has 0 saturated heterocycles. The fraction of sp³-hybridized carbons (Fsp3) is 0.400. The average molecular weight is 288 g/mol. The largest absolute Gasteiger partial charge is 0.492 e. The van der Waals surface area contributed by atoms with Crippen molar-refractivity contribution in [1.29, 1.82) is 0 Å². The third-order valence-electron chi connectivity index (χ3n) is 2.50. The molecule has 2 nitrogen and oxygen atoms in total. The minimum atomic E-state index is -4.44. The number of hydrogen-bond acceptors (Lipinski definition) is 2. The van der Waals surface area contributed by atoms with E-state index in [1.165, 1.54) is 6.07 Å². The lowest BCUT2D eigenvalue weighted by molar-refractivity contribution is -0.138. The zero-order chi connectivity index (χ0) is 11.9. The number of nitrogens with two attached hydrogens (primary N) is 1. The van der Waals surface area contributed by atoms with Gasteiger partial charge in [0.15, 0.2) is 0 Å². The Kier molecular flexibility index (Phi) is 4.17. The topological polar surface area (TPSA) is 35.2 Å². The highest BCUT2D eigenvalue weighted by atomic mass is 35.5. The Labute approximate surface area is 107 Å². The van der Waals surface area contributed by atoms with E-state index >= 15 is 0 Å². The number of benzene rings is 1. The summed E-state index contributed by atoms with van der Waals surface area (Å²) in [7, 11) is 0. The SMILES string of the molecule is Cl.N[C@H]1CCOc2c(Cl)ccc(C(F)(F)F)c21. The number of fused-ring (bicyclic) bond motifs is 1. The highest BCUT2D eigenvalue weighted by Gasteiger charge is 2.38. The molecule has 17 heavy (non-hydrogen) atoms. The van der Waals surface area contributed by atoms with Gasteiger partial charge in [-0.15, -0.1) is 12.4 Å². The number of ether oxygens (including phenoxy) is 1. The highest BCUT2D eigenvalue weighted by molar-refractivity contribution is 6.32. The van der Waals surface area contributed by atoms with E-state index in [2.05, 4.69) is 0 Å². The summed E-state index contributed by atoms with van der Waals surface area (Å²) in [5.41, 5.74) is 4.87. The molecule has 0 amide bonds. The van der Waals surface area contributed by atoms with Gasteiger partial charge in [0.05, 0.1) is 17.2 Å². The number of rotatable bonds is 0. The van der Waals surface area contributed by atoms with Gasteiger partial charge in [-0.3, -0.25) is 0 Å². The van der Waals surface area contributed by atoms with Gasteiger partial charge in [-0.1, -0.05) is 11.6 Å². The summed E-state index contributed by atoms with van der Waals surface area (Å²) in [6.45, 7) is 0.287. The van der Waals surface area contributed by atoms with Crippen molar-refractivity contribution in [3.8, 4) is 5.75 Å². The van der Waals surface area contributed by atoms with E-state index in [0.717, 1.165) is 6.07 Å². The maximum absolute atomic E-state index is 12.7. The Morgan fingerprint density at radius 1 is 1.35 bits per heavy atom. The lowest BCUT2D eigenvalue weighted by Gasteiger charge is -2.27. The van der Waals surface area contributed by atoms with Gasteiger partial charge in [-0.25, -0.2) is 0 Å². The predicted molar refractivity (Wildman–Crippen MR) is 60.7 cm³/mol. The van der Waals surface area contributed by atoms with Crippen LogP contribution in [0.2, 0.25) is 5.02 Å². The number of alkyl halides is 3. The highest BCUT2D eigenvalue weighted by Crippen LogP contribution is 2.44. The molecule has 1 heterocycles. The molecule has 96 valence electrons. The fourth-order valence-electron chi connectivity index (χ4n) is 1.77. The third kappa shape index (κ3) is 2.61. The second-order valence-electron chi connectivity index (χ2n) is 3.58. The lowest BCUT2D eigenvalue weighted by atomic mass is 9.95. The molecule has 1 atom stereocenters. The van der Waals surface area contributed by atoms with Gasteiger partial charge in [-0.2, -0.15) is 13.2 Å². The summed E-state index contributed by atoms with van der Waals surface area (Å²) in [4.78, 5) is 0. The monoisotopic (exact) mass is 287 g/mol. The van der Waals surface area contributed by atoms with E-state index in [4.69, 9.17) is 22.1 Å². The van der Waals surface area contributed by atoms with Gasteiger partial charge in [0, 0.05) is 18.0 Å². The molecule has 1 aliphatic rings. The van der Waals surface area contributed by atoms with Gasteiger partial charge in [0.2, 0.25) is 0 Å². The van der Waals surface area contributed by atoms with Gasteiger partial charge >= 0.3 is 6.18 Å². The summed E-state index contributed by atoms with van der Waals surface area (Å²) >= 11 is 5.78. The first-order chi connectivity index (χ1) is 7.41. The molecule has 0 aromatic heterocycles. The molecular formula is C10H10Cl2F3NO. The fourth-order valence-corrected chi connectivity index (χ4v) is 1.99. The van der Waals surface area contributed by atoms with Crippen LogP contribution in [0.5, 0.6) is 5.75 Å². The molecule has 0 fully saturated rings. The average Bonchev–Trinajstić information content (AvgIpc) is 2.18. The molecule has 1 aliphatic heterocycles. The smallest absolute Gasteiger partial charge is 0.416 e. The van der Waals surface area contributed by atoms with Crippen LogP contribution >= 0.6 is 24.0 Å². The van der Waals surface area contributed by atoms with Crippen molar-refractivity contribution in [3.63, 3.8) is 0 Å². The Morgan fingerprint density at radius 2 is 2.00 bits per heavy atom. The van der Waals surface area contributed by atoms with Crippen molar-refractivity contribution in [2.45, 2.75) is 18.6 Å². The van der Waals surface area contributed by atoms with Crippen LogP contribution in [0.15, 0.2) is 12.1 Å². The van der Waals surface area contributed by atoms with Gasteiger partial charge < -0.3 is 10.5 Å². The van der Waals surface area contributed by atoms with Crippen molar-refractivity contribution in [3.05, 3.63) is 28.3 Å². The Balaban J connectivity index is 0.00000144. The predicted octanol–water partition coefficient (Wildman–Crippen LogP) is 3.56. The maximum Gasteiger partial charge on any atom is 0.416 e. The van der Waals surface area contributed by atoms with Gasteiger partial charge in [0.1, 0.15) is 5.75 Å². The first kappa shape index (κ1) is 14.4. The summed E-state index contributed by atoms with van der Waals surface area (Å²) < 4.78 is 43.3. The molecule has 0 spiro atoms. The van der Waals surface area contributed by atoms with Crippen molar-refractivity contribution in [2.24, 2.45) is 5.73 Å². The van der Waals surface area contributed by atoms with E-state index in [9.17, 15) is 13.2 Å². The molecule has 0 bridgehead atoms. The minimum Gasteiger partial charge on any atom is -0.492 e. The van der Waals surface area contributed by atoms with Gasteiger partial charge in [-0.05, 0) is 12.1 Å². The van der Waals surface area contributed by atoms with Crippen LogP contribution < -0.4 is 10.5 Å². The zero-order valence-electron chi connectivity index (χ0n) is 8.55. The normalized spacial score (nSPS) is 19.0. The van der Waals surface area contributed by atoms with Crippen LogP contribution in [0.3, 0.4) is 0 Å². The van der Waals surface area contributed by atoms with Crippen LogP contribution in [0.25, 0.3) is 0 Å². The van der Waals surface area contributed by atoms with Crippen LogP contribution in [-0.2, 0) is 6.18 Å². The Morgan fingerprint density at radius 3 is 2.59 bits per heavy atom. The molecule has 0 aliphatic carbocycles. The first-order valence-corrected chi connectivity index (χ1v) is 5.07. The van der Waals surface area contributed by atoms with Crippen LogP contribution in [0.4, 0.5) is 13.2 Å². The molecule has 7 heteroatoms.